The van der Waals surface area contributed by atoms with Crippen molar-refractivity contribution in [1.29, 1.82) is 0 Å². The Morgan fingerprint density at radius 1 is 1.22 bits per heavy atom. The van der Waals surface area contributed by atoms with Crippen LogP contribution < -0.4 is 10.1 Å². The highest BCUT2D eigenvalue weighted by Crippen LogP contribution is 2.25. The fraction of sp³-hybridized carbons (Fsp3) is 0.400. The van der Waals surface area contributed by atoms with Gasteiger partial charge in [0.1, 0.15) is 10.8 Å². The summed E-state index contributed by atoms with van der Waals surface area (Å²) in [6.45, 7) is 6.91. The number of hydrogen-bond acceptors (Lipinski definition) is 6. The van der Waals surface area contributed by atoms with Crippen LogP contribution in [0.15, 0.2) is 23.6 Å². The van der Waals surface area contributed by atoms with Gasteiger partial charge >= 0.3 is 5.97 Å². The number of benzene rings is 1. The second-order valence-electron chi connectivity index (χ2n) is 6.37. The average molecular weight is 391 g/mol. The molecule has 1 aromatic heterocycles. The number of carbonyl (C=O) groups is 2. The molecule has 0 aliphatic carbocycles. The molecule has 1 aromatic carbocycles. The van der Waals surface area contributed by atoms with Gasteiger partial charge in [0, 0.05) is 6.54 Å². The Hall–Kier alpha value is -2.38. The van der Waals surface area contributed by atoms with E-state index in [0.29, 0.717) is 23.7 Å². The van der Waals surface area contributed by atoms with Gasteiger partial charge in [0.25, 0.3) is 0 Å². The van der Waals surface area contributed by atoms with Gasteiger partial charge in [0.05, 0.1) is 25.8 Å². The number of hydrogen-bond donors (Lipinski definition) is 1. The fourth-order valence-electron chi connectivity index (χ4n) is 3.01. The summed E-state index contributed by atoms with van der Waals surface area (Å²) < 4.78 is 10.4. The molecular formula is C20H26N2O4S. The van der Waals surface area contributed by atoms with Crippen molar-refractivity contribution in [3.63, 3.8) is 0 Å². The minimum absolute atomic E-state index is 0.174. The van der Waals surface area contributed by atoms with Crippen molar-refractivity contribution in [2.45, 2.75) is 27.3 Å². The second-order valence-corrected chi connectivity index (χ2v) is 7.28. The molecule has 2 aromatic rings. The maximum absolute atomic E-state index is 12.4. The third-order valence-electron chi connectivity index (χ3n) is 4.00. The van der Waals surface area contributed by atoms with Crippen LogP contribution in [0.25, 0.3) is 0 Å². The molecule has 0 fully saturated rings. The first-order valence-electron chi connectivity index (χ1n) is 8.72. The highest BCUT2D eigenvalue weighted by molar-refractivity contribution is 7.14. The highest BCUT2D eigenvalue weighted by atomic mass is 32.1. The maximum Gasteiger partial charge on any atom is 0.341 e. The van der Waals surface area contributed by atoms with Crippen LogP contribution in [0.1, 0.15) is 34.0 Å². The molecule has 0 atom stereocenters. The molecule has 7 heteroatoms. The maximum atomic E-state index is 12.4. The van der Waals surface area contributed by atoms with Gasteiger partial charge < -0.3 is 14.8 Å². The Labute approximate surface area is 164 Å². The molecule has 0 radical (unpaired) electrons. The van der Waals surface area contributed by atoms with Crippen molar-refractivity contribution in [2.24, 2.45) is 0 Å². The molecule has 0 saturated carbocycles. The molecule has 1 heterocycles. The summed E-state index contributed by atoms with van der Waals surface area (Å²) in [4.78, 5) is 26.2. The molecule has 1 amide bonds. The Balaban J connectivity index is 1.97. The summed E-state index contributed by atoms with van der Waals surface area (Å²) in [7, 11) is 3.55. The molecule has 0 spiro atoms. The first kappa shape index (κ1) is 20.9. The van der Waals surface area contributed by atoms with Crippen molar-refractivity contribution < 1.29 is 19.1 Å². The van der Waals surface area contributed by atoms with Crippen molar-refractivity contribution in [3.8, 4) is 5.75 Å². The molecule has 2 rings (SSSR count). The van der Waals surface area contributed by atoms with Gasteiger partial charge in [0.2, 0.25) is 5.91 Å². The molecule has 0 aliphatic rings. The number of likely N-dealkylation sites (N-methyl/N-ethyl adjacent to an activating group) is 1. The van der Waals surface area contributed by atoms with Gasteiger partial charge in [-0.3, -0.25) is 9.69 Å². The zero-order valence-corrected chi connectivity index (χ0v) is 17.2. The first-order valence-corrected chi connectivity index (χ1v) is 9.60. The van der Waals surface area contributed by atoms with Crippen molar-refractivity contribution >= 4 is 28.2 Å². The lowest BCUT2D eigenvalue weighted by molar-refractivity contribution is -0.117. The molecule has 27 heavy (non-hydrogen) atoms. The number of methoxy groups -OCH3 is 1. The van der Waals surface area contributed by atoms with E-state index >= 15 is 0 Å². The number of nitrogens with zero attached hydrogens (tertiary/aromatic N) is 1. The van der Waals surface area contributed by atoms with E-state index in [1.165, 1.54) is 11.3 Å². The number of ether oxygens (including phenoxy) is 2. The monoisotopic (exact) mass is 390 g/mol. The molecule has 0 unspecified atom stereocenters. The summed E-state index contributed by atoms with van der Waals surface area (Å²) >= 11 is 1.31. The molecule has 6 nitrogen and oxygen atoms in total. The highest BCUT2D eigenvalue weighted by Gasteiger charge is 2.17. The van der Waals surface area contributed by atoms with Crippen LogP contribution in [-0.4, -0.2) is 44.1 Å². The summed E-state index contributed by atoms with van der Waals surface area (Å²) in [5.74, 6) is 0.294. The smallest absolute Gasteiger partial charge is 0.341 e. The van der Waals surface area contributed by atoms with Gasteiger partial charge in [-0.2, -0.15) is 0 Å². The van der Waals surface area contributed by atoms with E-state index in [1.807, 2.05) is 25.8 Å². The van der Waals surface area contributed by atoms with Gasteiger partial charge in [-0.1, -0.05) is 12.1 Å². The zero-order valence-electron chi connectivity index (χ0n) is 16.4. The van der Waals surface area contributed by atoms with Gasteiger partial charge in [-0.25, -0.2) is 4.79 Å². The van der Waals surface area contributed by atoms with Gasteiger partial charge in [0.15, 0.2) is 0 Å². The predicted molar refractivity (Wildman–Crippen MR) is 108 cm³/mol. The summed E-state index contributed by atoms with van der Waals surface area (Å²) in [6, 6.07) is 5.79. The van der Waals surface area contributed by atoms with Crippen molar-refractivity contribution in [3.05, 3.63) is 45.8 Å². The average Bonchev–Trinajstić information content (AvgIpc) is 3.02. The molecular weight excluding hydrogens is 364 g/mol. The zero-order chi connectivity index (χ0) is 20.0. The molecule has 146 valence electrons. The molecule has 0 bridgehead atoms. The Morgan fingerprint density at radius 3 is 2.48 bits per heavy atom. The van der Waals surface area contributed by atoms with E-state index in [0.717, 1.165) is 22.4 Å². The summed E-state index contributed by atoms with van der Waals surface area (Å²) in [5, 5.41) is 5.08. The summed E-state index contributed by atoms with van der Waals surface area (Å²) in [5.41, 5.74) is 3.65. The van der Waals surface area contributed by atoms with E-state index in [2.05, 4.69) is 17.4 Å². The first-order chi connectivity index (χ1) is 12.8. The number of carbonyl (C=O) groups excluding carboxylic acids is 2. The van der Waals surface area contributed by atoms with E-state index in [9.17, 15) is 9.59 Å². The van der Waals surface area contributed by atoms with Crippen LogP contribution in [0.5, 0.6) is 5.75 Å². The standard InChI is InChI=1S/C20H26N2O4S/c1-6-26-20(24)16-7-8-27-19(16)21-17(23)12-22(4)11-15-9-13(2)18(25-5)14(3)10-15/h7-10H,6,11-12H2,1-5H3,(H,21,23). The third kappa shape index (κ3) is 5.55. The minimum Gasteiger partial charge on any atom is -0.496 e. The fourth-order valence-corrected chi connectivity index (χ4v) is 3.80. The summed E-state index contributed by atoms with van der Waals surface area (Å²) in [6.07, 6.45) is 0. The second kappa shape index (κ2) is 9.53. The van der Waals surface area contributed by atoms with Crippen LogP contribution >= 0.6 is 11.3 Å². The normalized spacial score (nSPS) is 10.7. The minimum atomic E-state index is -0.424. The lowest BCUT2D eigenvalue weighted by atomic mass is 10.1. The number of nitrogens with one attached hydrogen (secondary N) is 1. The topological polar surface area (TPSA) is 67.9 Å². The van der Waals surface area contributed by atoms with Crippen LogP contribution in [0, 0.1) is 13.8 Å². The van der Waals surface area contributed by atoms with Crippen molar-refractivity contribution in [2.75, 3.05) is 32.6 Å². The number of rotatable bonds is 8. The predicted octanol–water partition coefficient (Wildman–Crippen LogP) is 3.62. The quantitative estimate of drug-likeness (QED) is 0.697. The van der Waals surface area contributed by atoms with E-state index in [4.69, 9.17) is 9.47 Å². The number of esters is 1. The van der Waals surface area contributed by atoms with Crippen LogP contribution in [0.2, 0.25) is 0 Å². The Bertz CT molecular complexity index is 793. The Kier molecular flexibility index (Phi) is 7.38. The largest absolute Gasteiger partial charge is 0.496 e. The third-order valence-corrected chi connectivity index (χ3v) is 4.83. The van der Waals surface area contributed by atoms with E-state index < -0.39 is 5.97 Å². The van der Waals surface area contributed by atoms with Crippen molar-refractivity contribution in [1.82, 2.24) is 4.90 Å². The molecule has 0 saturated heterocycles. The van der Waals surface area contributed by atoms with E-state index in [1.54, 1.807) is 25.5 Å². The lowest BCUT2D eigenvalue weighted by Crippen LogP contribution is -2.30. The molecule has 1 N–H and O–H groups in total. The van der Waals surface area contributed by atoms with Crippen LogP contribution in [0.4, 0.5) is 5.00 Å². The SMILES string of the molecule is CCOC(=O)c1ccsc1NC(=O)CN(C)Cc1cc(C)c(OC)c(C)c1. The van der Waals surface area contributed by atoms with Gasteiger partial charge in [-0.15, -0.1) is 11.3 Å². The van der Waals surface area contributed by atoms with E-state index in [-0.39, 0.29) is 12.5 Å². The van der Waals surface area contributed by atoms with Crippen LogP contribution in [-0.2, 0) is 16.1 Å². The van der Waals surface area contributed by atoms with Crippen LogP contribution in [0.3, 0.4) is 0 Å². The number of thiophene rings is 1. The Morgan fingerprint density at radius 2 is 1.89 bits per heavy atom. The lowest BCUT2D eigenvalue weighted by Gasteiger charge is -2.18. The number of aryl methyl sites for hydroxylation is 2. The van der Waals surface area contributed by atoms with Gasteiger partial charge in [-0.05, 0) is 56.0 Å². The molecule has 0 aliphatic heterocycles. The number of amides is 1. The number of anilines is 1.